The molecule has 0 spiro atoms. The first-order valence-corrected chi connectivity index (χ1v) is 9.97. The summed E-state index contributed by atoms with van der Waals surface area (Å²) < 4.78 is 12.1. The zero-order valence-electron chi connectivity index (χ0n) is 16.0. The molecule has 0 aromatic heterocycles. The van der Waals surface area contributed by atoms with Crippen LogP contribution in [-0.4, -0.2) is 49.1 Å². The van der Waals surface area contributed by atoms with Gasteiger partial charge < -0.3 is 14.8 Å². The molecule has 0 saturated carbocycles. The predicted octanol–water partition coefficient (Wildman–Crippen LogP) is 3.77. The number of carbonyl (C=O) groups is 1. The van der Waals surface area contributed by atoms with Gasteiger partial charge >= 0.3 is 0 Å². The van der Waals surface area contributed by atoms with Gasteiger partial charge in [-0.1, -0.05) is 28.1 Å². The highest BCUT2D eigenvalue weighted by Gasteiger charge is 2.22. The molecule has 3 rings (SSSR count). The molecule has 2 aromatic carbocycles. The molecule has 1 aliphatic rings. The highest BCUT2D eigenvalue weighted by Crippen LogP contribution is 2.29. The molecule has 9 heteroatoms. The van der Waals surface area contributed by atoms with Crippen LogP contribution in [0.25, 0.3) is 0 Å². The lowest BCUT2D eigenvalue weighted by molar-refractivity contribution is -0.384. The van der Waals surface area contributed by atoms with Gasteiger partial charge in [0.15, 0.2) is 0 Å². The number of nitro groups is 1. The van der Waals surface area contributed by atoms with E-state index in [1.807, 2.05) is 24.3 Å². The molecule has 0 aliphatic carbocycles. The smallest absolute Gasteiger partial charge is 0.271 e. The van der Waals surface area contributed by atoms with Crippen LogP contribution in [0.15, 0.2) is 46.9 Å². The Kier molecular flexibility index (Phi) is 7.18. The number of methoxy groups -OCH3 is 1. The highest BCUT2D eigenvalue weighted by molar-refractivity contribution is 9.10. The van der Waals surface area contributed by atoms with Gasteiger partial charge in [-0.15, -0.1) is 0 Å². The average Bonchev–Trinajstić information content (AvgIpc) is 2.73. The number of hydrogen-bond donors (Lipinski definition) is 1. The van der Waals surface area contributed by atoms with E-state index in [1.54, 1.807) is 0 Å². The third-order valence-corrected chi connectivity index (χ3v) is 5.24. The summed E-state index contributed by atoms with van der Waals surface area (Å²) in [6.45, 7) is 2.62. The largest absolute Gasteiger partial charge is 0.495 e. The van der Waals surface area contributed by atoms with Crippen LogP contribution in [0.2, 0.25) is 0 Å². The quantitative estimate of drug-likeness (QED) is 0.496. The van der Waals surface area contributed by atoms with E-state index in [9.17, 15) is 14.9 Å². The fourth-order valence-electron chi connectivity index (χ4n) is 3.16. The van der Waals surface area contributed by atoms with E-state index in [0.29, 0.717) is 31.1 Å². The molecule has 1 unspecified atom stereocenters. The molecule has 2 aromatic rings. The molecule has 1 N–H and O–H groups in total. The van der Waals surface area contributed by atoms with Crippen molar-refractivity contribution in [3.05, 3.63) is 62.6 Å². The van der Waals surface area contributed by atoms with Gasteiger partial charge in [0, 0.05) is 42.7 Å². The summed E-state index contributed by atoms with van der Waals surface area (Å²) in [7, 11) is 1.45. The third-order valence-electron chi connectivity index (χ3n) is 4.72. The zero-order valence-corrected chi connectivity index (χ0v) is 17.6. The zero-order chi connectivity index (χ0) is 20.8. The van der Waals surface area contributed by atoms with Gasteiger partial charge in [-0.25, -0.2) is 0 Å². The van der Waals surface area contributed by atoms with Crippen LogP contribution >= 0.6 is 15.9 Å². The van der Waals surface area contributed by atoms with Gasteiger partial charge in [0.25, 0.3) is 5.69 Å². The molecule has 1 saturated heterocycles. The van der Waals surface area contributed by atoms with E-state index in [1.165, 1.54) is 25.3 Å². The maximum absolute atomic E-state index is 12.4. The van der Waals surface area contributed by atoms with Gasteiger partial charge in [-0.3, -0.25) is 19.8 Å². The number of hydrogen-bond acceptors (Lipinski definition) is 6. The van der Waals surface area contributed by atoms with E-state index in [0.717, 1.165) is 16.6 Å². The van der Waals surface area contributed by atoms with Crippen molar-refractivity contribution in [1.82, 2.24) is 4.90 Å². The fourth-order valence-corrected chi connectivity index (χ4v) is 3.43. The van der Waals surface area contributed by atoms with Gasteiger partial charge in [-0.2, -0.15) is 0 Å². The minimum absolute atomic E-state index is 0.0308. The number of nitrogens with zero attached hydrogens (tertiary/aromatic N) is 2. The number of amides is 1. The third kappa shape index (κ3) is 5.75. The minimum atomic E-state index is -0.509. The lowest BCUT2D eigenvalue weighted by atomic mass is 10.1. The van der Waals surface area contributed by atoms with Crippen LogP contribution in [0.1, 0.15) is 18.1 Å². The SMILES string of the molecule is COc1ccc([N+](=O)[O-])cc1NC(=O)CCN1CCOC(c2ccc(Br)cc2)C1. The summed E-state index contributed by atoms with van der Waals surface area (Å²) in [5.41, 5.74) is 1.29. The molecule has 1 fully saturated rings. The molecule has 1 heterocycles. The van der Waals surface area contributed by atoms with Crippen LogP contribution in [-0.2, 0) is 9.53 Å². The van der Waals surface area contributed by atoms with Gasteiger partial charge in [0.1, 0.15) is 5.75 Å². The molecule has 0 bridgehead atoms. The number of benzene rings is 2. The summed E-state index contributed by atoms with van der Waals surface area (Å²) in [6, 6.07) is 12.1. The van der Waals surface area contributed by atoms with Crippen molar-refractivity contribution in [1.29, 1.82) is 0 Å². The summed E-state index contributed by atoms with van der Waals surface area (Å²) >= 11 is 3.43. The first kappa shape index (κ1) is 21.2. The van der Waals surface area contributed by atoms with Crippen molar-refractivity contribution in [2.45, 2.75) is 12.5 Å². The fraction of sp³-hybridized carbons (Fsp3) is 0.350. The highest BCUT2D eigenvalue weighted by atomic mass is 79.9. The lowest BCUT2D eigenvalue weighted by Gasteiger charge is -2.33. The summed E-state index contributed by atoms with van der Waals surface area (Å²) in [5.74, 6) is 0.154. The van der Waals surface area contributed by atoms with Gasteiger partial charge in [-0.05, 0) is 23.8 Å². The van der Waals surface area contributed by atoms with Crippen LogP contribution in [0.5, 0.6) is 5.75 Å². The van der Waals surface area contributed by atoms with Crippen molar-refractivity contribution < 1.29 is 19.2 Å². The van der Waals surface area contributed by atoms with Crippen LogP contribution in [0.4, 0.5) is 11.4 Å². The standard InChI is InChI=1S/C20H22BrN3O5/c1-28-18-7-6-16(24(26)27)12-17(18)22-20(25)8-9-23-10-11-29-19(13-23)14-2-4-15(21)5-3-14/h2-7,12,19H,8-11,13H2,1H3,(H,22,25). The van der Waals surface area contributed by atoms with E-state index < -0.39 is 4.92 Å². The molecular weight excluding hydrogens is 442 g/mol. The van der Waals surface area contributed by atoms with Crippen molar-refractivity contribution in [3.8, 4) is 5.75 Å². The number of rotatable bonds is 7. The second-order valence-corrected chi connectivity index (χ2v) is 7.57. The molecule has 154 valence electrons. The Hall–Kier alpha value is -2.49. The summed E-state index contributed by atoms with van der Waals surface area (Å²) in [4.78, 5) is 25.0. The molecular formula is C20H22BrN3O5. The maximum Gasteiger partial charge on any atom is 0.271 e. The van der Waals surface area contributed by atoms with Crippen molar-refractivity contribution in [2.24, 2.45) is 0 Å². The van der Waals surface area contributed by atoms with Gasteiger partial charge in [0.05, 0.1) is 30.4 Å². The van der Waals surface area contributed by atoms with Crippen molar-refractivity contribution >= 4 is 33.2 Å². The second-order valence-electron chi connectivity index (χ2n) is 6.65. The number of nitrogens with one attached hydrogen (secondary N) is 1. The van der Waals surface area contributed by atoms with Crippen LogP contribution in [0.3, 0.4) is 0 Å². The van der Waals surface area contributed by atoms with E-state index in [2.05, 4.69) is 26.1 Å². The number of carbonyl (C=O) groups excluding carboxylic acids is 1. The Labute approximate surface area is 177 Å². The Morgan fingerprint density at radius 2 is 2.10 bits per heavy atom. The van der Waals surface area contributed by atoms with Crippen LogP contribution < -0.4 is 10.1 Å². The number of halogens is 1. The molecule has 0 radical (unpaired) electrons. The first-order valence-electron chi connectivity index (χ1n) is 9.18. The number of anilines is 1. The Morgan fingerprint density at radius 1 is 1.34 bits per heavy atom. The number of morpholine rings is 1. The average molecular weight is 464 g/mol. The normalized spacial score (nSPS) is 17.0. The Bertz CT molecular complexity index is 875. The summed E-state index contributed by atoms with van der Waals surface area (Å²) in [6.07, 6.45) is 0.232. The monoisotopic (exact) mass is 463 g/mol. The second kappa shape index (κ2) is 9.82. The van der Waals surface area contributed by atoms with E-state index in [-0.39, 0.29) is 24.1 Å². The molecule has 1 amide bonds. The maximum atomic E-state index is 12.4. The van der Waals surface area contributed by atoms with Gasteiger partial charge in [0.2, 0.25) is 5.91 Å². The molecule has 1 atom stereocenters. The van der Waals surface area contributed by atoms with E-state index >= 15 is 0 Å². The molecule has 8 nitrogen and oxygen atoms in total. The topological polar surface area (TPSA) is 93.9 Å². The predicted molar refractivity (Wildman–Crippen MR) is 112 cm³/mol. The van der Waals surface area contributed by atoms with Crippen LogP contribution in [0, 0.1) is 10.1 Å². The van der Waals surface area contributed by atoms with Crippen molar-refractivity contribution in [3.63, 3.8) is 0 Å². The number of ether oxygens (including phenoxy) is 2. The van der Waals surface area contributed by atoms with Crippen molar-refractivity contribution in [2.75, 3.05) is 38.7 Å². The number of non-ortho nitro benzene ring substituents is 1. The van der Waals surface area contributed by atoms with E-state index in [4.69, 9.17) is 9.47 Å². The minimum Gasteiger partial charge on any atom is -0.495 e. The summed E-state index contributed by atoms with van der Waals surface area (Å²) in [5, 5.41) is 13.7. The Morgan fingerprint density at radius 3 is 2.79 bits per heavy atom. The number of nitro benzene ring substituents is 1. The Balaban J connectivity index is 1.56. The lowest BCUT2D eigenvalue weighted by Crippen LogP contribution is -2.39. The molecule has 1 aliphatic heterocycles. The first-order chi connectivity index (χ1) is 14.0. The molecule has 29 heavy (non-hydrogen) atoms.